The van der Waals surface area contributed by atoms with Gasteiger partial charge in [0, 0.05) is 18.2 Å². The van der Waals surface area contributed by atoms with E-state index in [2.05, 4.69) is 19.2 Å². The molecule has 1 unspecified atom stereocenters. The highest BCUT2D eigenvalue weighted by atomic mass is 19.1. The van der Waals surface area contributed by atoms with Gasteiger partial charge in [0.05, 0.1) is 0 Å². The number of amides is 1. The normalized spacial score (nSPS) is 12.8. The van der Waals surface area contributed by atoms with Crippen molar-refractivity contribution in [2.75, 3.05) is 20.6 Å². The zero-order valence-corrected chi connectivity index (χ0v) is 11.8. The Labute approximate surface area is 113 Å². The van der Waals surface area contributed by atoms with E-state index in [0.29, 0.717) is 12.5 Å². The van der Waals surface area contributed by atoms with Crippen LogP contribution >= 0.6 is 0 Å². The van der Waals surface area contributed by atoms with Crippen molar-refractivity contribution < 1.29 is 14.3 Å². The summed E-state index contributed by atoms with van der Waals surface area (Å²) in [5.74, 6) is -1.16. The Morgan fingerprint density at radius 2 is 2.05 bits per heavy atom. The van der Waals surface area contributed by atoms with Crippen molar-refractivity contribution in [1.82, 2.24) is 10.2 Å². The molecule has 0 aliphatic carbocycles. The molecule has 1 amide bonds. The third-order valence-electron chi connectivity index (χ3n) is 3.11. The minimum absolute atomic E-state index is 0.220. The first-order chi connectivity index (χ1) is 8.82. The third-order valence-corrected chi connectivity index (χ3v) is 3.11. The summed E-state index contributed by atoms with van der Waals surface area (Å²) < 4.78 is 12.9. The van der Waals surface area contributed by atoms with Gasteiger partial charge < -0.3 is 15.3 Å². The fourth-order valence-electron chi connectivity index (χ4n) is 1.97. The number of hydrogen-bond acceptors (Lipinski definition) is 3. The standard InChI is InChI=1S/C14H21FN2O2/c1-9(2)12(17(3)4)8-16-14(19)10-5-6-11(15)13(18)7-10/h5-7,9,12,18H,8H2,1-4H3,(H,16,19). The predicted octanol–water partition coefficient (Wildman–Crippen LogP) is 1.85. The van der Waals surface area contributed by atoms with Gasteiger partial charge in [0.1, 0.15) is 0 Å². The van der Waals surface area contributed by atoms with Crippen LogP contribution < -0.4 is 5.32 Å². The molecular weight excluding hydrogens is 247 g/mol. The first kappa shape index (κ1) is 15.4. The van der Waals surface area contributed by atoms with E-state index in [1.54, 1.807) is 0 Å². The summed E-state index contributed by atoms with van der Waals surface area (Å²) in [6.07, 6.45) is 0. The number of phenolic OH excluding ortho intramolecular Hbond substituents is 1. The molecule has 1 atom stereocenters. The van der Waals surface area contributed by atoms with Gasteiger partial charge in [-0.05, 0) is 38.2 Å². The maximum atomic E-state index is 12.9. The van der Waals surface area contributed by atoms with Crippen LogP contribution in [0.3, 0.4) is 0 Å². The number of carbonyl (C=O) groups is 1. The Hall–Kier alpha value is -1.62. The van der Waals surface area contributed by atoms with E-state index in [1.165, 1.54) is 6.07 Å². The van der Waals surface area contributed by atoms with Crippen molar-refractivity contribution in [3.63, 3.8) is 0 Å². The van der Waals surface area contributed by atoms with Crippen LogP contribution in [0, 0.1) is 11.7 Å². The van der Waals surface area contributed by atoms with Crippen LogP contribution in [0.5, 0.6) is 5.75 Å². The average molecular weight is 268 g/mol. The Bertz CT molecular complexity index is 439. The maximum absolute atomic E-state index is 12.9. The highest BCUT2D eigenvalue weighted by Crippen LogP contribution is 2.16. The monoisotopic (exact) mass is 268 g/mol. The van der Waals surface area contributed by atoms with Gasteiger partial charge in [0.25, 0.3) is 5.91 Å². The third kappa shape index (κ3) is 4.21. The Balaban J connectivity index is 2.66. The van der Waals surface area contributed by atoms with Crippen molar-refractivity contribution in [2.45, 2.75) is 19.9 Å². The van der Waals surface area contributed by atoms with Gasteiger partial charge >= 0.3 is 0 Å². The highest BCUT2D eigenvalue weighted by molar-refractivity contribution is 5.94. The second-order valence-electron chi connectivity index (χ2n) is 5.15. The van der Waals surface area contributed by atoms with E-state index in [1.807, 2.05) is 19.0 Å². The maximum Gasteiger partial charge on any atom is 0.251 e. The average Bonchev–Trinajstić information content (AvgIpc) is 2.31. The van der Waals surface area contributed by atoms with Crippen LogP contribution in [-0.2, 0) is 0 Å². The molecule has 1 aromatic rings. The molecule has 0 fully saturated rings. The van der Waals surface area contributed by atoms with Crippen molar-refractivity contribution in [1.29, 1.82) is 0 Å². The number of nitrogens with zero attached hydrogens (tertiary/aromatic N) is 1. The fourth-order valence-corrected chi connectivity index (χ4v) is 1.97. The molecule has 4 nitrogen and oxygen atoms in total. The van der Waals surface area contributed by atoms with Gasteiger partial charge in [-0.25, -0.2) is 4.39 Å². The minimum Gasteiger partial charge on any atom is -0.505 e. The van der Waals surface area contributed by atoms with E-state index in [9.17, 15) is 14.3 Å². The number of rotatable bonds is 5. The van der Waals surface area contributed by atoms with Gasteiger partial charge in [-0.1, -0.05) is 13.8 Å². The number of aromatic hydroxyl groups is 1. The first-order valence-electron chi connectivity index (χ1n) is 6.26. The molecule has 0 bridgehead atoms. The topological polar surface area (TPSA) is 52.6 Å². The lowest BCUT2D eigenvalue weighted by atomic mass is 10.0. The van der Waals surface area contributed by atoms with Crippen LogP contribution in [0.1, 0.15) is 24.2 Å². The molecule has 0 heterocycles. The van der Waals surface area contributed by atoms with Crippen LogP contribution in [0.25, 0.3) is 0 Å². The van der Waals surface area contributed by atoms with Gasteiger partial charge in [0.15, 0.2) is 11.6 Å². The van der Waals surface area contributed by atoms with Crippen molar-refractivity contribution in [3.05, 3.63) is 29.6 Å². The molecule has 0 aliphatic rings. The second kappa shape index (κ2) is 6.52. The van der Waals surface area contributed by atoms with E-state index in [4.69, 9.17) is 0 Å². The first-order valence-corrected chi connectivity index (χ1v) is 6.26. The Morgan fingerprint density at radius 1 is 1.42 bits per heavy atom. The highest BCUT2D eigenvalue weighted by Gasteiger charge is 2.17. The Kier molecular flexibility index (Phi) is 5.30. The van der Waals surface area contributed by atoms with Crippen molar-refractivity contribution >= 4 is 5.91 Å². The number of halogens is 1. The minimum atomic E-state index is -0.732. The van der Waals surface area contributed by atoms with Gasteiger partial charge in [0.2, 0.25) is 0 Å². The molecule has 2 N–H and O–H groups in total. The lowest BCUT2D eigenvalue weighted by Gasteiger charge is -2.28. The molecule has 0 spiro atoms. The number of benzene rings is 1. The van der Waals surface area contributed by atoms with Gasteiger partial charge in [-0.15, -0.1) is 0 Å². The summed E-state index contributed by atoms with van der Waals surface area (Å²) in [5.41, 5.74) is 0.250. The van der Waals surface area contributed by atoms with Crippen molar-refractivity contribution in [2.24, 2.45) is 5.92 Å². The van der Waals surface area contributed by atoms with E-state index < -0.39 is 11.6 Å². The number of hydrogen-bond donors (Lipinski definition) is 2. The number of nitrogens with one attached hydrogen (secondary N) is 1. The summed E-state index contributed by atoms with van der Waals surface area (Å²) in [5, 5.41) is 12.0. The van der Waals surface area contributed by atoms with Crippen LogP contribution in [0.4, 0.5) is 4.39 Å². The number of carbonyl (C=O) groups excluding carboxylic acids is 1. The van der Waals surface area contributed by atoms with Gasteiger partial charge in [-0.2, -0.15) is 0 Å². The van der Waals surface area contributed by atoms with Gasteiger partial charge in [-0.3, -0.25) is 4.79 Å². The van der Waals surface area contributed by atoms with Crippen LogP contribution in [0.2, 0.25) is 0 Å². The summed E-state index contributed by atoms with van der Waals surface area (Å²) in [6, 6.07) is 3.78. The molecule has 0 aliphatic heterocycles. The molecule has 5 heteroatoms. The predicted molar refractivity (Wildman–Crippen MR) is 72.7 cm³/mol. The second-order valence-corrected chi connectivity index (χ2v) is 5.15. The zero-order valence-electron chi connectivity index (χ0n) is 11.8. The van der Waals surface area contributed by atoms with E-state index in [-0.39, 0.29) is 17.5 Å². The molecule has 19 heavy (non-hydrogen) atoms. The molecule has 106 valence electrons. The number of likely N-dealkylation sites (N-methyl/N-ethyl adjacent to an activating group) is 1. The zero-order chi connectivity index (χ0) is 14.6. The summed E-state index contributed by atoms with van der Waals surface area (Å²) in [7, 11) is 3.92. The molecule has 0 radical (unpaired) electrons. The van der Waals surface area contributed by atoms with Crippen LogP contribution in [0.15, 0.2) is 18.2 Å². The van der Waals surface area contributed by atoms with Crippen molar-refractivity contribution in [3.8, 4) is 5.75 Å². The lowest BCUT2D eigenvalue weighted by molar-refractivity contribution is 0.0934. The quantitative estimate of drug-likeness (QED) is 0.857. The molecule has 1 aromatic carbocycles. The van der Waals surface area contributed by atoms with E-state index >= 15 is 0 Å². The lowest BCUT2D eigenvalue weighted by Crippen LogP contribution is -2.43. The summed E-state index contributed by atoms with van der Waals surface area (Å²) in [6.45, 7) is 4.67. The Morgan fingerprint density at radius 3 is 2.53 bits per heavy atom. The largest absolute Gasteiger partial charge is 0.505 e. The molecule has 1 rings (SSSR count). The van der Waals surface area contributed by atoms with E-state index in [0.717, 1.165) is 12.1 Å². The summed E-state index contributed by atoms with van der Waals surface area (Å²) >= 11 is 0. The fraction of sp³-hybridized carbons (Fsp3) is 0.500. The summed E-state index contributed by atoms with van der Waals surface area (Å²) in [4.78, 5) is 13.9. The molecule has 0 saturated carbocycles. The molecular formula is C14H21FN2O2. The smallest absolute Gasteiger partial charge is 0.251 e. The molecule has 0 aromatic heterocycles. The SMILES string of the molecule is CC(C)C(CNC(=O)c1ccc(F)c(O)c1)N(C)C. The van der Waals surface area contributed by atoms with Crippen LogP contribution in [-0.4, -0.2) is 42.6 Å². The number of phenols is 1. The molecule has 0 saturated heterocycles.